The van der Waals surface area contributed by atoms with Crippen molar-refractivity contribution >= 4 is 5.97 Å². The molecular formula is C21H34O2. The third kappa shape index (κ3) is 3.23. The molecule has 130 valence electrons. The molecule has 2 atom stereocenters. The van der Waals surface area contributed by atoms with Gasteiger partial charge in [0.1, 0.15) is 5.60 Å². The van der Waals surface area contributed by atoms with Crippen LogP contribution in [-0.2, 0) is 9.53 Å². The molecule has 0 aromatic heterocycles. The van der Waals surface area contributed by atoms with E-state index in [0.717, 1.165) is 12.3 Å². The monoisotopic (exact) mass is 318 g/mol. The fraction of sp³-hybridized carbons (Fsp3) is 0.857. The van der Waals surface area contributed by atoms with Crippen LogP contribution < -0.4 is 0 Å². The molecule has 0 amide bonds. The molecule has 23 heavy (non-hydrogen) atoms. The van der Waals surface area contributed by atoms with Crippen LogP contribution in [0.5, 0.6) is 0 Å². The summed E-state index contributed by atoms with van der Waals surface area (Å²) in [6.07, 6.45) is 15.4. The van der Waals surface area contributed by atoms with Crippen molar-refractivity contribution in [3.63, 3.8) is 0 Å². The standard InChI is InChI=1S/C21H34O2/c1-4-6-7-8-9-10-21(23-19(22)5-2)17-11-16-12-18(21)15-20(3,13-16)14-17/h5,16-18H,2,4,6-15H2,1,3H3. The Morgan fingerprint density at radius 2 is 1.78 bits per heavy atom. The topological polar surface area (TPSA) is 26.3 Å². The number of unbranched alkanes of at least 4 members (excludes halogenated alkanes) is 4. The van der Waals surface area contributed by atoms with Gasteiger partial charge in [-0.3, -0.25) is 0 Å². The second-order valence-corrected chi connectivity index (χ2v) is 8.90. The van der Waals surface area contributed by atoms with E-state index in [1.54, 1.807) is 0 Å². The van der Waals surface area contributed by atoms with Gasteiger partial charge in [-0.25, -0.2) is 4.79 Å². The van der Waals surface area contributed by atoms with Crippen LogP contribution in [0.25, 0.3) is 0 Å². The molecule has 0 heterocycles. The predicted octanol–water partition coefficient (Wildman–Crippen LogP) is 5.66. The van der Waals surface area contributed by atoms with E-state index in [1.165, 1.54) is 70.3 Å². The van der Waals surface area contributed by atoms with Crippen LogP contribution in [0.4, 0.5) is 0 Å². The maximum Gasteiger partial charge on any atom is 0.330 e. The average molecular weight is 319 g/mol. The molecule has 0 saturated heterocycles. The summed E-state index contributed by atoms with van der Waals surface area (Å²) in [6.45, 7) is 8.36. The van der Waals surface area contributed by atoms with Crippen molar-refractivity contribution in [3.05, 3.63) is 12.7 Å². The third-order valence-electron chi connectivity index (χ3n) is 7.01. The smallest absolute Gasteiger partial charge is 0.330 e. The van der Waals surface area contributed by atoms with E-state index in [9.17, 15) is 4.79 Å². The van der Waals surface area contributed by atoms with E-state index in [1.807, 2.05) is 0 Å². The molecule has 0 aromatic rings. The molecular weight excluding hydrogens is 284 g/mol. The van der Waals surface area contributed by atoms with E-state index >= 15 is 0 Å². The van der Waals surface area contributed by atoms with E-state index in [2.05, 4.69) is 20.4 Å². The van der Waals surface area contributed by atoms with Crippen molar-refractivity contribution in [2.75, 3.05) is 0 Å². The van der Waals surface area contributed by atoms with Crippen LogP contribution in [0.15, 0.2) is 12.7 Å². The Morgan fingerprint density at radius 3 is 2.35 bits per heavy atom. The molecule has 4 fully saturated rings. The molecule has 4 rings (SSSR count). The second-order valence-electron chi connectivity index (χ2n) is 8.90. The normalized spacial score (nSPS) is 41.0. The van der Waals surface area contributed by atoms with Gasteiger partial charge >= 0.3 is 5.97 Å². The van der Waals surface area contributed by atoms with Crippen molar-refractivity contribution in [3.8, 4) is 0 Å². The SMILES string of the molecule is C=CC(=O)OC1(CCCCCCC)C2CC3CC1CC(C)(C3)C2. The highest BCUT2D eigenvalue weighted by atomic mass is 16.6. The van der Waals surface area contributed by atoms with E-state index < -0.39 is 0 Å². The quantitative estimate of drug-likeness (QED) is 0.328. The summed E-state index contributed by atoms with van der Waals surface area (Å²) >= 11 is 0. The zero-order valence-corrected chi connectivity index (χ0v) is 15.1. The zero-order valence-electron chi connectivity index (χ0n) is 15.1. The number of carbonyl (C=O) groups excluding carboxylic acids is 1. The highest BCUT2D eigenvalue weighted by Gasteiger charge is 2.62. The Kier molecular flexibility index (Phi) is 4.90. The number of esters is 1. The fourth-order valence-corrected chi connectivity index (χ4v) is 6.31. The number of hydrogen-bond donors (Lipinski definition) is 0. The molecule has 2 nitrogen and oxygen atoms in total. The number of carbonyl (C=O) groups is 1. The van der Waals surface area contributed by atoms with Gasteiger partial charge < -0.3 is 4.74 Å². The van der Waals surface area contributed by atoms with Crippen LogP contribution in [0, 0.1) is 23.2 Å². The average Bonchev–Trinajstić information content (AvgIpc) is 2.50. The lowest BCUT2D eigenvalue weighted by molar-refractivity contribution is -0.222. The first kappa shape index (κ1) is 17.0. The van der Waals surface area contributed by atoms with Crippen LogP contribution in [0.1, 0.15) is 84.5 Å². The van der Waals surface area contributed by atoms with Gasteiger partial charge in [-0.05, 0) is 68.1 Å². The molecule has 0 spiro atoms. The Balaban J connectivity index is 1.73. The Morgan fingerprint density at radius 1 is 1.13 bits per heavy atom. The summed E-state index contributed by atoms with van der Waals surface area (Å²) in [5, 5.41) is 0. The number of hydrogen-bond acceptors (Lipinski definition) is 2. The highest BCUT2D eigenvalue weighted by Crippen LogP contribution is 2.65. The van der Waals surface area contributed by atoms with Crippen molar-refractivity contribution in [1.29, 1.82) is 0 Å². The van der Waals surface area contributed by atoms with Gasteiger partial charge in [-0.2, -0.15) is 0 Å². The Hall–Kier alpha value is -0.790. The molecule has 0 N–H and O–H groups in total. The Labute approximate surface area is 142 Å². The van der Waals surface area contributed by atoms with Gasteiger partial charge in [-0.15, -0.1) is 0 Å². The van der Waals surface area contributed by atoms with Crippen LogP contribution >= 0.6 is 0 Å². The number of ether oxygens (including phenoxy) is 1. The summed E-state index contributed by atoms with van der Waals surface area (Å²) in [4.78, 5) is 12.1. The summed E-state index contributed by atoms with van der Waals surface area (Å²) < 4.78 is 6.16. The Bertz CT molecular complexity index is 437. The third-order valence-corrected chi connectivity index (χ3v) is 7.01. The van der Waals surface area contributed by atoms with E-state index in [-0.39, 0.29) is 11.6 Å². The fourth-order valence-electron chi connectivity index (χ4n) is 6.31. The molecule has 4 bridgehead atoms. The minimum Gasteiger partial charge on any atom is -0.455 e. The molecule has 2 unspecified atom stereocenters. The highest BCUT2D eigenvalue weighted by molar-refractivity contribution is 5.81. The molecule has 0 radical (unpaired) electrons. The minimum absolute atomic E-state index is 0.173. The lowest BCUT2D eigenvalue weighted by atomic mass is 9.44. The first-order valence-electron chi connectivity index (χ1n) is 9.87. The minimum atomic E-state index is -0.198. The van der Waals surface area contributed by atoms with Crippen molar-refractivity contribution in [2.45, 2.75) is 90.1 Å². The van der Waals surface area contributed by atoms with Gasteiger partial charge in [-0.1, -0.05) is 46.1 Å². The van der Waals surface area contributed by atoms with Gasteiger partial charge in [0.2, 0.25) is 0 Å². The van der Waals surface area contributed by atoms with Crippen LogP contribution in [-0.4, -0.2) is 11.6 Å². The summed E-state index contributed by atoms with van der Waals surface area (Å²) in [5.41, 5.74) is 0.344. The predicted molar refractivity (Wildman–Crippen MR) is 94.1 cm³/mol. The van der Waals surface area contributed by atoms with Crippen molar-refractivity contribution < 1.29 is 9.53 Å². The van der Waals surface area contributed by atoms with Gasteiger partial charge in [0.25, 0.3) is 0 Å². The van der Waals surface area contributed by atoms with Crippen LogP contribution in [0.3, 0.4) is 0 Å². The molecule has 0 aromatic carbocycles. The van der Waals surface area contributed by atoms with E-state index in [4.69, 9.17) is 4.74 Å². The number of rotatable bonds is 8. The first-order chi connectivity index (χ1) is 11.0. The molecule has 2 heteroatoms. The summed E-state index contributed by atoms with van der Waals surface area (Å²) in [6, 6.07) is 0. The molecule has 4 saturated carbocycles. The summed E-state index contributed by atoms with van der Waals surface area (Å²) in [7, 11) is 0. The second kappa shape index (κ2) is 6.61. The molecule has 4 aliphatic rings. The van der Waals surface area contributed by atoms with Gasteiger partial charge in [0, 0.05) is 6.08 Å². The van der Waals surface area contributed by atoms with Crippen molar-refractivity contribution in [2.24, 2.45) is 23.2 Å². The summed E-state index contributed by atoms with van der Waals surface area (Å²) in [5.74, 6) is 1.87. The van der Waals surface area contributed by atoms with Crippen molar-refractivity contribution in [1.82, 2.24) is 0 Å². The lowest BCUT2D eigenvalue weighted by Gasteiger charge is -2.64. The lowest BCUT2D eigenvalue weighted by Crippen LogP contribution is -2.62. The maximum absolute atomic E-state index is 12.1. The van der Waals surface area contributed by atoms with E-state index in [0.29, 0.717) is 17.3 Å². The largest absolute Gasteiger partial charge is 0.455 e. The van der Waals surface area contributed by atoms with Crippen LogP contribution in [0.2, 0.25) is 0 Å². The van der Waals surface area contributed by atoms with Gasteiger partial charge in [0.05, 0.1) is 0 Å². The zero-order chi connectivity index (χ0) is 16.5. The maximum atomic E-state index is 12.1. The van der Waals surface area contributed by atoms with Gasteiger partial charge in [0.15, 0.2) is 0 Å². The first-order valence-corrected chi connectivity index (χ1v) is 9.87. The molecule has 0 aliphatic heterocycles. The molecule has 4 aliphatic carbocycles.